The number of hydrogen-bond acceptors (Lipinski definition) is 4. The van der Waals surface area contributed by atoms with Gasteiger partial charge in [-0.25, -0.2) is 0 Å². The van der Waals surface area contributed by atoms with Crippen LogP contribution in [0.2, 0.25) is 0 Å². The molecule has 1 saturated carbocycles. The molecule has 1 aliphatic rings. The first-order valence-electron chi connectivity index (χ1n) is 8.52. The smallest absolute Gasteiger partial charge is 0.230 e. The fourth-order valence-corrected chi connectivity index (χ4v) is 3.91. The molecule has 1 N–H and O–H groups in total. The van der Waals surface area contributed by atoms with Crippen LogP contribution in [0, 0.1) is 5.92 Å². The minimum Gasteiger partial charge on any atom is -0.352 e. The van der Waals surface area contributed by atoms with Crippen LogP contribution >= 0.6 is 11.8 Å². The number of thioether (sulfide) groups is 1. The average Bonchev–Trinajstić information content (AvgIpc) is 2.97. The zero-order valence-electron chi connectivity index (χ0n) is 14.2. The highest BCUT2D eigenvalue weighted by Gasteiger charge is 2.23. The number of benzene rings is 1. The fourth-order valence-electron chi connectivity index (χ4n) is 3.19. The first-order valence-corrected chi connectivity index (χ1v) is 9.50. The van der Waals surface area contributed by atoms with E-state index in [0.29, 0.717) is 17.7 Å². The molecule has 1 aliphatic carbocycles. The van der Waals surface area contributed by atoms with Crippen LogP contribution in [0.15, 0.2) is 35.5 Å². The highest BCUT2D eigenvalue weighted by atomic mass is 32.2. The van der Waals surface area contributed by atoms with Crippen molar-refractivity contribution in [1.82, 2.24) is 20.1 Å². The van der Waals surface area contributed by atoms with Gasteiger partial charge in [0.1, 0.15) is 0 Å². The molecule has 0 aliphatic heterocycles. The van der Waals surface area contributed by atoms with E-state index < -0.39 is 0 Å². The number of aromatic nitrogens is 3. The van der Waals surface area contributed by atoms with Gasteiger partial charge in [0.15, 0.2) is 11.0 Å². The molecule has 128 valence electrons. The van der Waals surface area contributed by atoms with Crippen LogP contribution in [0.5, 0.6) is 0 Å². The van der Waals surface area contributed by atoms with Crippen LogP contribution in [0.25, 0.3) is 11.4 Å². The first-order chi connectivity index (χ1) is 11.6. The van der Waals surface area contributed by atoms with Gasteiger partial charge in [-0.3, -0.25) is 4.79 Å². The Hall–Kier alpha value is -1.82. The molecule has 1 heterocycles. The van der Waals surface area contributed by atoms with Crippen LogP contribution in [-0.4, -0.2) is 32.5 Å². The van der Waals surface area contributed by atoms with Gasteiger partial charge in [0.05, 0.1) is 5.75 Å². The van der Waals surface area contributed by atoms with Gasteiger partial charge in [-0.15, -0.1) is 10.2 Å². The normalized spacial score (nSPS) is 20.8. The summed E-state index contributed by atoms with van der Waals surface area (Å²) in [7, 11) is 1.94. The lowest BCUT2D eigenvalue weighted by molar-refractivity contribution is -0.119. The van der Waals surface area contributed by atoms with Crippen molar-refractivity contribution in [1.29, 1.82) is 0 Å². The molecule has 0 saturated heterocycles. The van der Waals surface area contributed by atoms with Crippen LogP contribution in [0.3, 0.4) is 0 Å². The summed E-state index contributed by atoms with van der Waals surface area (Å²) < 4.78 is 1.94. The van der Waals surface area contributed by atoms with Gasteiger partial charge in [0, 0.05) is 18.7 Å². The van der Waals surface area contributed by atoms with E-state index in [-0.39, 0.29) is 5.91 Å². The third kappa shape index (κ3) is 3.98. The molecular weight excluding hydrogens is 320 g/mol. The van der Waals surface area contributed by atoms with E-state index in [4.69, 9.17) is 0 Å². The lowest BCUT2D eigenvalue weighted by Gasteiger charge is -2.29. The number of nitrogens with one attached hydrogen (secondary N) is 1. The summed E-state index contributed by atoms with van der Waals surface area (Å²) in [6.07, 6.45) is 4.80. The van der Waals surface area contributed by atoms with Crippen LogP contribution in [-0.2, 0) is 11.8 Å². The molecule has 5 nitrogen and oxygen atoms in total. The van der Waals surface area contributed by atoms with E-state index >= 15 is 0 Å². The third-order valence-electron chi connectivity index (χ3n) is 4.66. The summed E-state index contributed by atoms with van der Waals surface area (Å²) >= 11 is 1.44. The van der Waals surface area contributed by atoms with E-state index in [9.17, 15) is 4.79 Å². The first kappa shape index (κ1) is 17.0. The Morgan fingerprint density at radius 1 is 1.25 bits per heavy atom. The minimum atomic E-state index is 0.0861. The predicted molar refractivity (Wildman–Crippen MR) is 96.7 cm³/mol. The van der Waals surface area contributed by atoms with E-state index in [1.54, 1.807) is 0 Å². The Bertz CT molecular complexity index is 686. The lowest BCUT2D eigenvalue weighted by atomic mass is 9.86. The van der Waals surface area contributed by atoms with E-state index in [1.165, 1.54) is 31.0 Å². The van der Waals surface area contributed by atoms with Crippen molar-refractivity contribution in [3.05, 3.63) is 30.3 Å². The summed E-state index contributed by atoms with van der Waals surface area (Å²) in [5.41, 5.74) is 1.03. The second-order valence-corrected chi connectivity index (χ2v) is 7.40. The van der Waals surface area contributed by atoms with E-state index in [2.05, 4.69) is 22.4 Å². The molecule has 2 atom stereocenters. The second-order valence-electron chi connectivity index (χ2n) is 6.46. The van der Waals surface area contributed by atoms with Gasteiger partial charge in [0.2, 0.25) is 5.91 Å². The Kier molecular flexibility index (Phi) is 5.56. The molecule has 2 aromatic rings. The molecular formula is C18H24N4OS. The summed E-state index contributed by atoms with van der Waals surface area (Å²) in [5, 5.41) is 12.4. The van der Waals surface area contributed by atoms with E-state index in [1.807, 2.05) is 41.9 Å². The summed E-state index contributed by atoms with van der Waals surface area (Å²) in [6, 6.07) is 10.3. The average molecular weight is 344 g/mol. The maximum absolute atomic E-state index is 12.2. The topological polar surface area (TPSA) is 59.8 Å². The highest BCUT2D eigenvalue weighted by Crippen LogP contribution is 2.25. The number of amides is 1. The Balaban J connectivity index is 1.57. The fraction of sp³-hybridized carbons (Fsp3) is 0.500. The molecule has 1 aromatic carbocycles. The largest absolute Gasteiger partial charge is 0.352 e. The number of carbonyl (C=O) groups excluding carboxylic acids is 1. The summed E-state index contributed by atoms with van der Waals surface area (Å²) in [6.45, 7) is 2.23. The number of carbonyl (C=O) groups is 1. The third-order valence-corrected chi connectivity index (χ3v) is 5.68. The number of rotatable bonds is 5. The second kappa shape index (κ2) is 7.83. The van der Waals surface area contributed by atoms with Gasteiger partial charge in [0.25, 0.3) is 0 Å². The van der Waals surface area contributed by atoms with Crippen LogP contribution in [0.4, 0.5) is 0 Å². The number of nitrogens with zero attached hydrogens (tertiary/aromatic N) is 3. The van der Waals surface area contributed by atoms with Gasteiger partial charge in [-0.1, -0.05) is 61.9 Å². The maximum Gasteiger partial charge on any atom is 0.230 e. The molecule has 3 rings (SSSR count). The summed E-state index contributed by atoms with van der Waals surface area (Å²) in [5.74, 6) is 1.86. The molecule has 1 aromatic heterocycles. The van der Waals surface area contributed by atoms with Crippen molar-refractivity contribution in [2.75, 3.05) is 5.75 Å². The molecule has 0 radical (unpaired) electrons. The van der Waals surface area contributed by atoms with Gasteiger partial charge in [-0.05, 0) is 18.8 Å². The number of hydrogen-bond donors (Lipinski definition) is 1. The SMILES string of the molecule is C[C@H]1CCCC[C@H]1NC(=O)CSc1nnc(-c2ccccc2)n1C. The maximum atomic E-state index is 12.2. The van der Waals surface area contributed by atoms with E-state index in [0.717, 1.165) is 23.0 Å². The van der Waals surface area contributed by atoms with Crippen molar-refractivity contribution in [2.24, 2.45) is 13.0 Å². The molecule has 24 heavy (non-hydrogen) atoms. The minimum absolute atomic E-state index is 0.0861. The van der Waals surface area contributed by atoms with Gasteiger partial charge < -0.3 is 9.88 Å². The lowest BCUT2D eigenvalue weighted by Crippen LogP contribution is -2.41. The Morgan fingerprint density at radius 3 is 2.75 bits per heavy atom. The van der Waals surface area contributed by atoms with Crippen molar-refractivity contribution in [3.8, 4) is 11.4 Å². The Morgan fingerprint density at radius 2 is 2.00 bits per heavy atom. The standard InChI is InChI=1S/C18H24N4OS/c1-13-8-6-7-11-15(13)19-16(23)12-24-18-21-20-17(22(18)2)14-9-4-3-5-10-14/h3-5,9-10,13,15H,6-8,11-12H2,1-2H3,(H,19,23)/t13-,15+/m0/s1. The molecule has 0 unspecified atom stereocenters. The molecule has 6 heteroatoms. The van der Waals surface area contributed by atoms with Crippen LogP contribution in [0.1, 0.15) is 32.6 Å². The van der Waals surface area contributed by atoms with Crippen LogP contribution < -0.4 is 5.32 Å². The monoisotopic (exact) mass is 344 g/mol. The zero-order chi connectivity index (χ0) is 16.9. The molecule has 1 fully saturated rings. The van der Waals surface area contributed by atoms with Crippen molar-refractivity contribution in [3.63, 3.8) is 0 Å². The predicted octanol–water partition coefficient (Wildman–Crippen LogP) is 3.27. The summed E-state index contributed by atoms with van der Waals surface area (Å²) in [4.78, 5) is 12.2. The molecule has 0 spiro atoms. The van der Waals surface area contributed by atoms with Crippen molar-refractivity contribution in [2.45, 2.75) is 43.8 Å². The quantitative estimate of drug-likeness (QED) is 0.846. The molecule has 1 amide bonds. The van der Waals surface area contributed by atoms with Crippen molar-refractivity contribution >= 4 is 17.7 Å². The van der Waals surface area contributed by atoms with Gasteiger partial charge >= 0.3 is 0 Å². The molecule has 0 bridgehead atoms. The highest BCUT2D eigenvalue weighted by molar-refractivity contribution is 7.99. The Labute approximate surface area is 147 Å². The van der Waals surface area contributed by atoms with Crippen molar-refractivity contribution < 1.29 is 4.79 Å². The van der Waals surface area contributed by atoms with Gasteiger partial charge in [-0.2, -0.15) is 0 Å². The zero-order valence-corrected chi connectivity index (χ0v) is 15.1.